The van der Waals surface area contributed by atoms with E-state index in [2.05, 4.69) is 0 Å². The molecule has 2 N–H and O–H groups in total. The summed E-state index contributed by atoms with van der Waals surface area (Å²) in [5, 5.41) is 20.5. The molecule has 0 bridgehead atoms. The molecular formula is C19H22O4S. The summed E-state index contributed by atoms with van der Waals surface area (Å²) in [4.78, 5) is 1.00. The first-order valence-electron chi connectivity index (χ1n) is 8.04. The van der Waals surface area contributed by atoms with E-state index in [9.17, 15) is 10.2 Å². The average molecular weight is 346 g/mol. The van der Waals surface area contributed by atoms with Gasteiger partial charge in [0.1, 0.15) is 12.2 Å². The Balaban J connectivity index is 1.74. The number of hydrogen-bond donors (Lipinski definition) is 2. The first kappa shape index (κ1) is 17.5. The molecule has 5 atom stereocenters. The maximum atomic E-state index is 10.5. The van der Waals surface area contributed by atoms with Gasteiger partial charge in [0, 0.05) is 4.90 Å². The predicted octanol–water partition coefficient (Wildman–Crippen LogP) is 2.83. The molecule has 0 amide bonds. The van der Waals surface area contributed by atoms with Crippen molar-refractivity contribution in [2.24, 2.45) is 0 Å². The van der Waals surface area contributed by atoms with Gasteiger partial charge in [0.25, 0.3) is 0 Å². The second kappa shape index (κ2) is 8.14. The third-order valence-corrected chi connectivity index (χ3v) is 5.39. The number of thioether (sulfide) groups is 1. The van der Waals surface area contributed by atoms with Gasteiger partial charge in [0.05, 0.1) is 18.0 Å². The summed E-state index contributed by atoms with van der Waals surface area (Å²) < 4.78 is 11.5. The van der Waals surface area contributed by atoms with Crippen LogP contribution in [0, 0.1) is 0 Å². The van der Waals surface area contributed by atoms with E-state index in [0.29, 0.717) is 6.61 Å². The Morgan fingerprint density at radius 1 is 1.00 bits per heavy atom. The highest BCUT2D eigenvalue weighted by molar-refractivity contribution is 8.00. The normalized spacial score (nSPS) is 30.2. The number of aliphatic hydroxyl groups excluding tert-OH is 2. The van der Waals surface area contributed by atoms with Crippen LogP contribution in [0.1, 0.15) is 12.5 Å². The average Bonchev–Trinajstić information content (AvgIpc) is 2.61. The third kappa shape index (κ3) is 4.18. The SMILES string of the molecule is C[C@H]1O[C@@H](O)[C@H](Sc2ccccc2)[C@@H](OCc2ccccc2)[C@@H]1O. The molecule has 2 aromatic carbocycles. The second-order valence-corrected chi connectivity index (χ2v) is 7.13. The van der Waals surface area contributed by atoms with Crippen molar-refractivity contribution in [3.63, 3.8) is 0 Å². The third-order valence-electron chi connectivity index (χ3n) is 4.08. The van der Waals surface area contributed by atoms with E-state index in [1.165, 1.54) is 11.8 Å². The van der Waals surface area contributed by atoms with Crippen LogP contribution in [-0.2, 0) is 16.1 Å². The van der Waals surface area contributed by atoms with Gasteiger partial charge in [-0.05, 0) is 24.6 Å². The fraction of sp³-hybridized carbons (Fsp3) is 0.368. The van der Waals surface area contributed by atoms with Crippen LogP contribution >= 0.6 is 11.8 Å². The lowest BCUT2D eigenvalue weighted by atomic mass is 10.0. The highest BCUT2D eigenvalue weighted by Crippen LogP contribution is 2.35. The Morgan fingerprint density at radius 2 is 1.62 bits per heavy atom. The Morgan fingerprint density at radius 3 is 2.29 bits per heavy atom. The zero-order valence-electron chi connectivity index (χ0n) is 13.5. The Bertz CT molecular complexity index is 622. The van der Waals surface area contributed by atoms with E-state index in [-0.39, 0.29) is 0 Å². The molecule has 1 fully saturated rings. The highest BCUT2D eigenvalue weighted by Gasteiger charge is 2.44. The topological polar surface area (TPSA) is 58.9 Å². The summed E-state index contributed by atoms with van der Waals surface area (Å²) in [5.41, 5.74) is 1.03. The minimum Gasteiger partial charge on any atom is -0.388 e. The molecular weight excluding hydrogens is 324 g/mol. The zero-order valence-corrected chi connectivity index (χ0v) is 14.3. The molecule has 0 spiro atoms. The van der Waals surface area contributed by atoms with E-state index in [1.807, 2.05) is 60.7 Å². The summed E-state index contributed by atoms with van der Waals surface area (Å²) >= 11 is 1.46. The van der Waals surface area contributed by atoms with Crippen LogP contribution < -0.4 is 0 Å². The Labute approximate surface area is 146 Å². The minimum absolute atomic E-state index is 0.383. The van der Waals surface area contributed by atoms with Gasteiger partial charge in [0.2, 0.25) is 0 Å². The lowest BCUT2D eigenvalue weighted by Crippen LogP contribution is -2.56. The van der Waals surface area contributed by atoms with Gasteiger partial charge in [-0.2, -0.15) is 0 Å². The molecule has 0 aromatic heterocycles. The molecule has 128 valence electrons. The molecule has 2 aromatic rings. The van der Waals surface area contributed by atoms with Crippen molar-refractivity contribution in [3.8, 4) is 0 Å². The molecule has 0 unspecified atom stereocenters. The van der Waals surface area contributed by atoms with Crippen molar-refractivity contribution in [2.45, 2.75) is 48.3 Å². The van der Waals surface area contributed by atoms with Crippen LogP contribution in [0.3, 0.4) is 0 Å². The maximum Gasteiger partial charge on any atom is 0.169 e. The second-order valence-electron chi connectivity index (χ2n) is 5.88. The van der Waals surface area contributed by atoms with Crippen molar-refractivity contribution in [1.29, 1.82) is 0 Å². The maximum absolute atomic E-state index is 10.5. The monoisotopic (exact) mass is 346 g/mol. The van der Waals surface area contributed by atoms with E-state index in [0.717, 1.165) is 10.5 Å². The van der Waals surface area contributed by atoms with Gasteiger partial charge in [-0.3, -0.25) is 0 Å². The molecule has 1 aliphatic heterocycles. The number of hydrogen-bond acceptors (Lipinski definition) is 5. The smallest absolute Gasteiger partial charge is 0.169 e. The van der Waals surface area contributed by atoms with Crippen LogP contribution in [0.4, 0.5) is 0 Å². The van der Waals surface area contributed by atoms with Crippen molar-refractivity contribution >= 4 is 11.8 Å². The van der Waals surface area contributed by atoms with Crippen LogP contribution in [0.25, 0.3) is 0 Å². The van der Waals surface area contributed by atoms with Crippen LogP contribution in [0.2, 0.25) is 0 Å². The van der Waals surface area contributed by atoms with Crippen LogP contribution in [0.15, 0.2) is 65.6 Å². The Hall–Kier alpha value is -1.37. The fourth-order valence-corrected chi connectivity index (χ4v) is 3.93. The van der Waals surface area contributed by atoms with Gasteiger partial charge in [0.15, 0.2) is 6.29 Å². The molecule has 3 rings (SSSR count). The standard InChI is InChI=1S/C19H22O4S/c1-13-16(20)17(22-12-14-8-4-2-5-9-14)18(19(21)23-13)24-15-10-6-3-7-11-15/h2-11,13,16-21H,12H2,1H3/t13-,16-,17+,18-,19-/m1/s1. The molecule has 24 heavy (non-hydrogen) atoms. The zero-order chi connectivity index (χ0) is 16.9. The van der Waals surface area contributed by atoms with Crippen LogP contribution in [0.5, 0.6) is 0 Å². The van der Waals surface area contributed by atoms with Crippen molar-refractivity contribution in [2.75, 3.05) is 0 Å². The van der Waals surface area contributed by atoms with E-state index in [4.69, 9.17) is 9.47 Å². The lowest BCUT2D eigenvalue weighted by molar-refractivity contribution is -0.233. The first-order chi connectivity index (χ1) is 11.6. The van der Waals surface area contributed by atoms with E-state index >= 15 is 0 Å². The molecule has 1 saturated heterocycles. The molecule has 1 aliphatic rings. The van der Waals surface area contributed by atoms with Crippen LogP contribution in [-0.4, -0.2) is 40.1 Å². The van der Waals surface area contributed by atoms with Gasteiger partial charge < -0.3 is 19.7 Å². The molecule has 5 heteroatoms. The number of benzene rings is 2. The molecule has 1 heterocycles. The fourth-order valence-electron chi connectivity index (χ4n) is 2.74. The van der Waals surface area contributed by atoms with Crippen molar-refractivity contribution in [1.82, 2.24) is 0 Å². The summed E-state index contributed by atoms with van der Waals surface area (Å²) in [6, 6.07) is 19.6. The highest BCUT2D eigenvalue weighted by atomic mass is 32.2. The molecule has 4 nitrogen and oxygen atoms in total. The molecule has 0 saturated carbocycles. The van der Waals surface area contributed by atoms with Gasteiger partial charge in [-0.1, -0.05) is 48.5 Å². The summed E-state index contributed by atoms with van der Waals surface area (Å²) in [5.74, 6) is 0. The largest absolute Gasteiger partial charge is 0.388 e. The number of aliphatic hydroxyl groups is 2. The predicted molar refractivity (Wildman–Crippen MR) is 93.7 cm³/mol. The Kier molecular flexibility index (Phi) is 5.92. The minimum atomic E-state index is -0.991. The quantitative estimate of drug-likeness (QED) is 0.872. The lowest BCUT2D eigenvalue weighted by Gasteiger charge is -2.41. The summed E-state index contributed by atoms with van der Waals surface area (Å²) in [6.45, 7) is 2.13. The van der Waals surface area contributed by atoms with Crippen molar-refractivity contribution < 1.29 is 19.7 Å². The first-order valence-corrected chi connectivity index (χ1v) is 8.92. The number of ether oxygens (including phenoxy) is 2. The number of rotatable bonds is 5. The van der Waals surface area contributed by atoms with Gasteiger partial charge in [-0.25, -0.2) is 0 Å². The van der Waals surface area contributed by atoms with E-state index in [1.54, 1.807) is 6.92 Å². The van der Waals surface area contributed by atoms with Crippen molar-refractivity contribution in [3.05, 3.63) is 66.2 Å². The van der Waals surface area contributed by atoms with Gasteiger partial charge in [-0.15, -0.1) is 11.8 Å². The van der Waals surface area contributed by atoms with E-state index < -0.39 is 29.9 Å². The van der Waals surface area contributed by atoms with Gasteiger partial charge >= 0.3 is 0 Å². The molecule has 0 aliphatic carbocycles. The summed E-state index contributed by atoms with van der Waals surface area (Å²) in [6.07, 6.45) is -2.78. The summed E-state index contributed by atoms with van der Waals surface area (Å²) in [7, 11) is 0. The molecule has 0 radical (unpaired) electrons.